The Morgan fingerprint density at radius 2 is 1.91 bits per heavy atom. The van der Waals surface area contributed by atoms with Crippen molar-refractivity contribution < 1.29 is 23.5 Å². The van der Waals surface area contributed by atoms with Gasteiger partial charge in [-0.15, -0.1) is 0 Å². The number of methoxy groups -OCH3 is 1. The van der Waals surface area contributed by atoms with Gasteiger partial charge in [0, 0.05) is 28.7 Å². The maximum absolute atomic E-state index is 14.1. The number of carbonyl (C=O) groups excluding carboxylic acids is 2. The number of hydrogen-bond donors (Lipinski definition) is 3. The van der Waals surface area contributed by atoms with Crippen LogP contribution < -0.4 is 20.1 Å². The van der Waals surface area contributed by atoms with Crippen LogP contribution in [0.2, 0.25) is 0 Å². The largest absolute Gasteiger partial charge is 0.497 e. The Morgan fingerprint density at radius 3 is 2.69 bits per heavy atom. The molecule has 2 amide bonds. The Morgan fingerprint density at radius 1 is 1.11 bits per heavy atom. The first-order valence-electron chi connectivity index (χ1n) is 11.3. The number of benzene rings is 3. The van der Waals surface area contributed by atoms with Crippen LogP contribution in [0.4, 0.5) is 15.8 Å². The molecule has 1 aliphatic rings. The summed E-state index contributed by atoms with van der Waals surface area (Å²) in [6.45, 7) is 1.67. The molecule has 1 atom stereocenters. The van der Waals surface area contributed by atoms with Gasteiger partial charge in [0.15, 0.2) is 6.10 Å². The fraction of sp³-hybridized carbons (Fsp3) is 0.185. The molecule has 0 saturated carbocycles. The lowest BCUT2D eigenvalue weighted by molar-refractivity contribution is -0.122. The van der Waals surface area contributed by atoms with Crippen molar-refractivity contribution >= 4 is 34.1 Å². The van der Waals surface area contributed by atoms with Crippen molar-refractivity contribution in [2.75, 3.05) is 17.7 Å². The summed E-state index contributed by atoms with van der Waals surface area (Å²) < 4.78 is 24.9. The number of H-pyrrole nitrogens is 1. The molecule has 3 aromatic carbocycles. The maximum Gasteiger partial charge on any atom is 0.265 e. The highest BCUT2D eigenvalue weighted by Crippen LogP contribution is 2.34. The number of anilines is 2. The zero-order valence-electron chi connectivity index (χ0n) is 19.3. The molecule has 4 aromatic rings. The van der Waals surface area contributed by atoms with E-state index in [9.17, 15) is 14.0 Å². The van der Waals surface area contributed by atoms with E-state index in [-0.39, 0.29) is 24.1 Å². The summed E-state index contributed by atoms with van der Waals surface area (Å²) in [5.74, 6) is 0.514. The molecule has 0 aliphatic carbocycles. The van der Waals surface area contributed by atoms with Gasteiger partial charge in [0.25, 0.3) is 5.91 Å². The predicted octanol–water partition coefficient (Wildman–Crippen LogP) is 5.27. The first kappa shape index (κ1) is 22.5. The number of halogens is 1. The normalized spacial score (nSPS) is 14.7. The highest BCUT2D eigenvalue weighted by atomic mass is 19.1. The quantitative estimate of drug-likeness (QED) is 0.356. The van der Waals surface area contributed by atoms with Gasteiger partial charge in [-0.2, -0.15) is 0 Å². The molecule has 0 fully saturated rings. The number of aryl methyl sites for hydroxylation is 1. The number of aromatic nitrogens is 1. The van der Waals surface area contributed by atoms with Gasteiger partial charge in [-0.25, -0.2) is 4.39 Å². The smallest absolute Gasteiger partial charge is 0.265 e. The molecule has 0 bridgehead atoms. The van der Waals surface area contributed by atoms with Crippen LogP contribution in [0.3, 0.4) is 0 Å². The molecule has 35 heavy (non-hydrogen) atoms. The van der Waals surface area contributed by atoms with Crippen LogP contribution in [0.15, 0.2) is 60.7 Å². The Kier molecular flexibility index (Phi) is 5.86. The van der Waals surface area contributed by atoms with E-state index in [1.54, 1.807) is 38.3 Å². The molecule has 8 heteroatoms. The summed E-state index contributed by atoms with van der Waals surface area (Å²) >= 11 is 0. The van der Waals surface area contributed by atoms with E-state index >= 15 is 0 Å². The van der Waals surface area contributed by atoms with E-state index in [0.29, 0.717) is 23.5 Å². The summed E-state index contributed by atoms with van der Waals surface area (Å²) in [5, 5.41) is 6.38. The van der Waals surface area contributed by atoms with E-state index in [2.05, 4.69) is 15.6 Å². The van der Waals surface area contributed by atoms with E-state index in [1.807, 2.05) is 24.3 Å². The Bertz CT molecular complexity index is 1430. The number of amides is 2. The van der Waals surface area contributed by atoms with E-state index in [1.165, 1.54) is 12.1 Å². The van der Waals surface area contributed by atoms with Gasteiger partial charge in [-0.3, -0.25) is 9.59 Å². The average Bonchev–Trinajstić information content (AvgIpc) is 3.21. The van der Waals surface area contributed by atoms with Gasteiger partial charge in [0.1, 0.15) is 17.3 Å². The number of rotatable bonds is 6. The second-order valence-electron chi connectivity index (χ2n) is 8.41. The maximum atomic E-state index is 14.1. The third kappa shape index (κ3) is 4.55. The molecule has 1 aliphatic heterocycles. The summed E-state index contributed by atoms with van der Waals surface area (Å²) in [4.78, 5) is 28.0. The van der Waals surface area contributed by atoms with Crippen LogP contribution in [0.1, 0.15) is 18.9 Å². The van der Waals surface area contributed by atoms with Crippen LogP contribution in [0, 0.1) is 5.82 Å². The highest BCUT2D eigenvalue weighted by molar-refractivity contribution is 5.99. The number of aromatic amines is 1. The van der Waals surface area contributed by atoms with Crippen molar-refractivity contribution in [3.05, 3.63) is 72.0 Å². The minimum absolute atomic E-state index is 0.184. The number of fused-ring (bicyclic) bond motifs is 2. The Hall–Kier alpha value is -4.33. The lowest BCUT2D eigenvalue weighted by atomic mass is 10.0. The second-order valence-corrected chi connectivity index (χ2v) is 8.41. The van der Waals surface area contributed by atoms with Crippen LogP contribution in [0.5, 0.6) is 11.5 Å². The van der Waals surface area contributed by atoms with Crippen molar-refractivity contribution in [2.45, 2.75) is 25.9 Å². The third-order valence-corrected chi connectivity index (χ3v) is 6.04. The summed E-state index contributed by atoms with van der Waals surface area (Å²) in [6.07, 6.45) is 0.0200. The molecule has 0 radical (unpaired) electrons. The molecule has 2 heterocycles. The number of nitrogens with one attached hydrogen (secondary N) is 3. The molecule has 3 N–H and O–H groups in total. The minimum Gasteiger partial charge on any atom is -0.497 e. The average molecular weight is 474 g/mol. The molecule has 0 saturated heterocycles. The molecule has 5 rings (SSSR count). The lowest BCUT2D eigenvalue weighted by Crippen LogP contribution is -2.34. The SMILES string of the molecule is COc1ccc(-c2[nH]c3ccc(F)cc3c2CCC(=O)Nc2ccc3c(c2)NC(=O)C(C)O3)cc1. The van der Waals surface area contributed by atoms with Gasteiger partial charge in [0.05, 0.1) is 12.8 Å². The molecular weight excluding hydrogens is 449 g/mol. The second kappa shape index (κ2) is 9.13. The molecule has 7 nitrogen and oxygen atoms in total. The zero-order valence-corrected chi connectivity index (χ0v) is 19.3. The Balaban J connectivity index is 1.36. The lowest BCUT2D eigenvalue weighted by Gasteiger charge is -2.23. The molecule has 0 spiro atoms. The van der Waals surface area contributed by atoms with Gasteiger partial charge >= 0.3 is 0 Å². The first-order chi connectivity index (χ1) is 16.9. The van der Waals surface area contributed by atoms with E-state index < -0.39 is 6.10 Å². The molecule has 1 unspecified atom stereocenters. The first-order valence-corrected chi connectivity index (χ1v) is 11.3. The number of ether oxygens (including phenoxy) is 2. The van der Waals surface area contributed by atoms with Crippen LogP contribution >= 0.6 is 0 Å². The van der Waals surface area contributed by atoms with Gasteiger partial charge in [-0.05, 0) is 85.1 Å². The van der Waals surface area contributed by atoms with Crippen molar-refractivity contribution in [2.24, 2.45) is 0 Å². The van der Waals surface area contributed by atoms with Crippen molar-refractivity contribution in [3.63, 3.8) is 0 Å². The standard InChI is InChI=1S/C27H24FN3O4/c1-15-27(33)31-23-14-18(6-11-24(23)35-15)29-25(32)12-9-20-21-13-17(28)5-10-22(21)30-26(20)16-3-7-19(34-2)8-4-16/h3-8,10-11,13-15,30H,9,12H2,1-2H3,(H,29,32)(H,31,33). The van der Waals surface area contributed by atoms with Crippen LogP contribution in [-0.4, -0.2) is 30.0 Å². The number of hydrogen-bond acceptors (Lipinski definition) is 4. The van der Waals surface area contributed by atoms with Crippen molar-refractivity contribution in [3.8, 4) is 22.8 Å². The van der Waals surface area contributed by atoms with Crippen LogP contribution in [-0.2, 0) is 16.0 Å². The van der Waals surface area contributed by atoms with Gasteiger partial charge in [0.2, 0.25) is 5.91 Å². The topological polar surface area (TPSA) is 92.5 Å². The zero-order chi connectivity index (χ0) is 24.5. The monoisotopic (exact) mass is 473 g/mol. The molecular formula is C27H24FN3O4. The highest BCUT2D eigenvalue weighted by Gasteiger charge is 2.24. The fourth-order valence-electron chi connectivity index (χ4n) is 4.23. The van der Waals surface area contributed by atoms with Crippen molar-refractivity contribution in [1.82, 2.24) is 4.98 Å². The third-order valence-electron chi connectivity index (χ3n) is 6.04. The fourth-order valence-corrected chi connectivity index (χ4v) is 4.23. The summed E-state index contributed by atoms with van der Waals surface area (Å²) in [7, 11) is 1.61. The minimum atomic E-state index is -0.566. The Labute approximate surface area is 201 Å². The predicted molar refractivity (Wildman–Crippen MR) is 132 cm³/mol. The summed E-state index contributed by atoms with van der Waals surface area (Å²) in [5.41, 5.74) is 4.47. The van der Waals surface area contributed by atoms with E-state index in [0.717, 1.165) is 33.5 Å². The van der Waals surface area contributed by atoms with Gasteiger partial charge < -0.3 is 25.1 Å². The number of carbonyl (C=O) groups is 2. The molecule has 1 aromatic heterocycles. The summed E-state index contributed by atoms with van der Waals surface area (Å²) in [6, 6.07) is 17.3. The van der Waals surface area contributed by atoms with Gasteiger partial charge in [-0.1, -0.05) is 0 Å². The van der Waals surface area contributed by atoms with E-state index in [4.69, 9.17) is 9.47 Å². The van der Waals surface area contributed by atoms with Crippen LogP contribution in [0.25, 0.3) is 22.2 Å². The van der Waals surface area contributed by atoms with Crippen molar-refractivity contribution in [1.29, 1.82) is 0 Å². The molecule has 178 valence electrons.